The maximum atomic E-state index is 11.9. The second-order valence-electron chi connectivity index (χ2n) is 5.66. The van der Waals surface area contributed by atoms with Crippen molar-refractivity contribution in [2.24, 2.45) is 5.92 Å². The van der Waals surface area contributed by atoms with Crippen molar-refractivity contribution in [1.29, 1.82) is 0 Å². The van der Waals surface area contributed by atoms with Crippen molar-refractivity contribution in [2.75, 3.05) is 0 Å². The third-order valence-corrected chi connectivity index (χ3v) is 4.04. The average Bonchev–Trinajstić information content (AvgIpc) is 3.19. The molecule has 1 amide bonds. The molecule has 3 rings (SSSR count). The van der Waals surface area contributed by atoms with Gasteiger partial charge in [0.2, 0.25) is 5.91 Å². The lowest BCUT2D eigenvalue weighted by Gasteiger charge is -2.10. The predicted octanol–water partition coefficient (Wildman–Crippen LogP) is 3.54. The van der Waals surface area contributed by atoms with Crippen LogP contribution in [0.2, 0.25) is 0 Å². The van der Waals surface area contributed by atoms with Crippen molar-refractivity contribution < 1.29 is 9.21 Å². The van der Waals surface area contributed by atoms with Gasteiger partial charge in [0.15, 0.2) is 5.76 Å². The molecule has 1 saturated carbocycles. The van der Waals surface area contributed by atoms with E-state index < -0.39 is 0 Å². The molecule has 1 N–H and O–H groups in total. The Labute approximate surface area is 124 Å². The first-order valence-corrected chi connectivity index (χ1v) is 7.57. The van der Waals surface area contributed by atoms with Crippen LogP contribution in [0.5, 0.6) is 0 Å². The molecule has 0 aliphatic heterocycles. The minimum absolute atomic E-state index is 0.151. The Hall–Kier alpha value is -2.10. The summed E-state index contributed by atoms with van der Waals surface area (Å²) in [6.07, 6.45) is 8.99. The van der Waals surface area contributed by atoms with E-state index in [1.165, 1.54) is 25.7 Å². The van der Waals surface area contributed by atoms with Crippen molar-refractivity contribution >= 4 is 5.91 Å². The number of carbonyl (C=O) groups is 1. The number of rotatable bonds is 5. The maximum Gasteiger partial charge on any atom is 0.220 e. The molecule has 2 aromatic rings. The molecule has 0 radical (unpaired) electrons. The molecule has 2 heterocycles. The van der Waals surface area contributed by atoms with Gasteiger partial charge in [0.1, 0.15) is 5.69 Å². The van der Waals surface area contributed by atoms with E-state index in [9.17, 15) is 4.79 Å². The largest absolute Gasteiger partial charge is 0.463 e. The van der Waals surface area contributed by atoms with Gasteiger partial charge in [-0.1, -0.05) is 12.8 Å². The Morgan fingerprint density at radius 2 is 2.19 bits per heavy atom. The first kappa shape index (κ1) is 13.9. The zero-order valence-corrected chi connectivity index (χ0v) is 12.0. The molecule has 0 saturated heterocycles. The van der Waals surface area contributed by atoms with Crippen LogP contribution in [-0.4, -0.2) is 10.9 Å². The van der Waals surface area contributed by atoms with Crippen molar-refractivity contribution in [1.82, 2.24) is 10.3 Å². The Bertz CT molecular complexity index is 587. The second-order valence-corrected chi connectivity index (χ2v) is 5.66. The number of nitrogens with zero attached hydrogens (tertiary/aromatic N) is 1. The predicted molar refractivity (Wildman–Crippen MR) is 80.4 cm³/mol. The van der Waals surface area contributed by atoms with Gasteiger partial charge < -0.3 is 9.73 Å². The van der Waals surface area contributed by atoms with Gasteiger partial charge in [-0.25, -0.2) is 0 Å². The van der Waals surface area contributed by atoms with Crippen molar-refractivity contribution in [2.45, 2.75) is 38.6 Å². The highest BCUT2D eigenvalue weighted by Gasteiger charge is 2.18. The molecule has 0 unspecified atom stereocenters. The number of furan rings is 1. The first-order chi connectivity index (χ1) is 10.3. The first-order valence-electron chi connectivity index (χ1n) is 7.57. The van der Waals surface area contributed by atoms with Crippen LogP contribution < -0.4 is 5.32 Å². The SMILES string of the molecule is O=C(CC1CCCC1)NCc1ccnc(-c2ccco2)c1. The summed E-state index contributed by atoms with van der Waals surface area (Å²) in [5.41, 5.74) is 1.83. The minimum atomic E-state index is 0.151. The molecular formula is C17H20N2O2. The molecule has 110 valence electrons. The lowest BCUT2D eigenvalue weighted by atomic mass is 10.0. The highest BCUT2D eigenvalue weighted by molar-refractivity contribution is 5.76. The van der Waals surface area contributed by atoms with Crippen LogP contribution in [0, 0.1) is 5.92 Å². The molecular weight excluding hydrogens is 264 g/mol. The monoisotopic (exact) mass is 284 g/mol. The van der Waals surface area contributed by atoms with Gasteiger partial charge in [-0.3, -0.25) is 9.78 Å². The molecule has 0 bridgehead atoms. The summed E-state index contributed by atoms with van der Waals surface area (Å²) >= 11 is 0. The summed E-state index contributed by atoms with van der Waals surface area (Å²) in [7, 11) is 0. The Morgan fingerprint density at radius 3 is 2.95 bits per heavy atom. The van der Waals surface area contributed by atoms with E-state index in [4.69, 9.17) is 4.42 Å². The topological polar surface area (TPSA) is 55.1 Å². The molecule has 1 aliphatic carbocycles. The summed E-state index contributed by atoms with van der Waals surface area (Å²) in [5, 5.41) is 3.00. The zero-order chi connectivity index (χ0) is 14.5. The van der Waals surface area contributed by atoms with E-state index in [1.54, 1.807) is 12.5 Å². The normalized spacial score (nSPS) is 15.2. The van der Waals surface area contributed by atoms with Crippen LogP contribution in [0.15, 0.2) is 41.1 Å². The van der Waals surface area contributed by atoms with Gasteiger partial charge >= 0.3 is 0 Å². The number of nitrogens with one attached hydrogen (secondary N) is 1. The van der Waals surface area contributed by atoms with Crippen molar-refractivity contribution in [3.8, 4) is 11.5 Å². The van der Waals surface area contributed by atoms with Gasteiger partial charge in [0, 0.05) is 19.2 Å². The highest BCUT2D eigenvalue weighted by Crippen LogP contribution is 2.27. The number of amides is 1. The average molecular weight is 284 g/mol. The summed E-state index contributed by atoms with van der Waals surface area (Å²) < 4.78 is 5.34. The van der Waals surface area contributed by atoms with Crippen LogP contribution in [0.4, 0.5) is 0 Å². The molecule has 21 heavy (non-hydrogen) atoms. The highest BCUT2D eigenvalue weighted by atomic mass is 16.3. The van der Waals surface area contributed by atoms with Crippen molar-refractivity contribution in [3.63, 3.8) is 0 Å². The molecule has 4 nitrogen and oxygen atoms in total. The van der Waals surface area contributed by atoms with Gasteiger partial charge in [-0.05, 0) is 48.6 Å². The molecule has 1 fully saturated rings. The quantitative estimate of drug-likeness (QED) is 0.913. The van der Waals surface area contributed by atoms with Gasteiger partial charge in [0.25, 0.3) is 0 Å². The summed E-state index contributed by atoms with van der Waals surface area (Å²) in [5.74, 6) is 1.48. The van der Waals surface area contributed by atoms with Crippen LogP contribution in [0.1, 0.15) is 37.7 Å². The third kappa shape index (κ3) is 3.72. The van der Waals surface area contributed by atoms with Crippen LogP contribution in [-0.2, 0) is 11.3 Å². The summed E-state index contributed by atoms with van der Waals surface area (Å²) in [6, 6.07) is 7.59. The van der Waals surface area contributed by atoms with E-state index in [0.717, 1.165) is 17.0 Å². The lowest BCUT2D eigenvalue weighted by Crippen LogP contribution is -2.24. The third-order valence-electron chi connectivity index (χ3n) is 4.04. The molecule has 0 atom stereocenters. The lowest BCUT2D eigenvalue weighted by molar-refractivity contribution is -0.122. The van der Waals surface area contributed by atoms with Gasteiger partial charge in [-0.15, -0.1) is 0 Å². The van der Waals surface area contributed by atoms with E-state index in [2.05, 4.69) is 10.3 Å². The van der Waals surface area contributed by atoms with Gasteiger partial charge in [0.05, 0.1) is 6.26 Å². The molecule has 4 heteroatoms. The smallest absolute Gasteiger partial charge is 0.220 e. The molecule has 1 aliphatic rings. The Balaban J connectivity index is 1.55. The number of pyridine rings is 1. The van der Waals surface area contributed by atoms with Crippen molar-refractivity contribution in [3.05, 3.63) is 42.3 Å². The summed E-state index contributed by atoms with van der Waals surface area (Å²) in [4.78, 5) is 16.2. The molecule has 0 spiro atoms. The molecule has 2 aromatic heterocycles. The van der Waals surface area contributed by atoms with Crippen LogP contribution >= 0.6 is 0 Å². The second kappa shape index (κ2) is 6.57. The van der Waals surface area contributed by atoms with Gasteiger partial charge in [-0.2, -0.15) is 0 Å². The van der Waals surface area contributed by atoms with E-state index in [0.29, 0.717) is 18.9 Å². The standard InChI is InChI=1S/C17H20N2O2/c20-17(11-13-4-1-2-5-13)19-12-14-7-8-18-15(10-14)16-6-3-9-21-16/h3,6-10,13H,1-2,4-5,11-12H2,(H,19,20). The number of hydrogen-bond acceptors (Lipinski definition) is 3. The van der Waals surface area contributed by atoms with Crippen LogP contribution in [0.3, 0.4) is 0 Å². The number of aromatic nitrogens is 1. The fourth-order valence-electron chi connectivity index (χ4n) is 2.89. The number of carbonyl (C=O) groups excluding carboxylic acids is 1. The minimum Gasteiger partial charge on any atom is -0.463 e. The Kier molecular flexibility index (Phi) is 4.34. The molecule has 0 aromatic carbocycles. The Morgan fingerprint density at radius 1 is 1.33 bits per heavy atom. The number of hydrogen-bond donors (Lipinski definition) is 1. The maximum absolute atomic E-state index is 11.9. The van der Waals surface area contributed by atoms with E-state index in [-0.39, 0.29) is 5.91 Å². The fourth-order valence-corrected chi connectivity index (χ4v) is 2.89. The van der Waals surface area contributed by atoms with E-state index in [1.807, 2.05) is 24.3 Å². The fraction of sp³-hybridized carbons (Fsp3) is 0.412. The zero-order valence-electron chi connectivity index (χ0n) is 12.0. The summed E-state index contributed by atoms with van der Waals surface area (Å²) in [6.45, 7) is 0.543. The van der Waals surface area contributed by atoms with Crippen LogP contribution in [0.25, 0.3) is 11.5 Å². The van der Waals surface area contributed by atoms with E-state index >= 15 is 0 Å².